The molecule has 0 radical (unpaired) electrons. The van der Waals surface area contributed by atoms with Crippen molar-refractivity contribution in [3.05, 3.63) is 23.3 Å². The average molecular weight is 180 g/mol. The van der Waals surface area contributed by atoms with Crippen LogP contribution in [0.1, 0.15) is 37.0 Å². The van der Waals surface area contributed by atoms with E-state index in [1.807, 2.05) is 26.8 Å². The Balaban J connectivity index is 3.01. The number of aryl methyl sites for hydroxylation is 2. The molecule has 2 unspecified atom stereocenters. The Bertz CT molecular complexity index is 277. The third-order valence-corrected chi connectivity index (χ3v) is 2.13. The first kappa shape index (κ1) is 10.1. The average Bonchev–Trinajstić information content (AvgIpc) is 2.01. The first-order valence-electron chi connectivity index (χ1n) is 4.51. The summed E-state index contributed by atoms with van der Waals surface area (Å²) in [5.41, 5.74) is 1.91. The van der Waals surface area contributed by atoms with E-state index in [0.717, 1.165) is 17.2 Å². The van der Waals surface area contributed by atoms with Crippen molar-refractivity contribution < 1.29 is 5.11 Å². The molecule has 1 heterocycles. The highest BCUT2D eigenvalue weighted by Crippen LogP contribution is 2.15. The summed E-state index contributed by atoms with van der Waals surface area (Å²) < 4.78 is 0. The van der Waals surface area contributed by atoms with E-state index in [2.05, 4.69) is 9.97 Å². The minimum absolute atomic E-state index is 0.00130. The molecule has 3 nitrogen and oxygen atoms in total. The number of aromatic nitrogens is 2. The van der Waals surface area contributed by atoms with Gasteiger partial charge in [0, 0.05) is 17.3 Å². The maximum Gasteiger partial charge on any atom is 0.134 e. The Labute approximate surface area is 78.9 Å². The summed E-state index contributed by atoms with van der Waals surface area (Å²) in [6, 6.07) is 1.93. The molecule has 13 heavy (non-hydrogen) atoms. The van der Waals surface area contributed by atoms with Gasteiger partial charge in [0.05, 0.1) is 6.10 Å². The van der Waals surface area contributed by atoms with Crippen LogP contribution in [0, 0.1) is 13.8 Å². The van der Waals surface area contributed by atoms with Gasteiger partial charge in [-0.3, -0.25) is 0 Å². The highest BCUT2D eigenvalue weighted by Gasteiger charge is 2.14. The molecule has 0 spiro atoms. The van der Waals surface area contributed by atoms with E-state index >= 15 is 0 Å². The fourth-order valence-corrected chi connectivity index (χ4v) is 1.17. The van der Waals surface area contributed by atoms with Crippen LogP contribution in [0.3, 0.4) is 0 Å². The molecule has 0 aromatic carbocycles. The van der Waals surface area contributed by atoms with Gasteiger partial charge >= 0.3 is 0 Å². The molecule has 1 rings (SSSR count). The van der Waals surface area contributed by atoms with Crippen LogP contribution in [0.15, 0.2) is 6.07 Å². The van der Waals surface area contributed by atoms with Gasteiger partial charge in [0.1, 0.15) is 5.82 Å². The van der Waals surface area contributed by atoms with Crippen LogP contribution in [0.25, 0.3) is 0 Å². The molecule has 0 aliphatic heterocycles. The fraction of sp³-hybridized carbons (Fsp3) is 0.600. The third-order valence-electron chi connectivity index (χ3n) is 2.13. The number of hydrogen-bond donors (Lipinski definition) is 1. The molecular weight excluding hydrogens is 164 g/mol. The lowest BCUT2D eigenvalue weighted by Gasteiger charge is -2.13. The predicted molar refractivity (Wildman–Crippen MR) is 51.6 cm³/mol. The summed E-state index contributed by atoms with van der Waals surface area (Å²) in [4.78, 5) is 8.57. The Morgan fingerprint density at radius 2 is 1.62 bits per heavy atom. The van der Waals surface area contributed by atoms with Crippen molar-refractivity contribution in [1.82, 2.24) is 9.97 Å². The van der Waals surface area contributed by atoms with E-state index in [0.29, 0.717) is 0 Å². The van der Waals surface area contributed by atoms with Crippen molar-refractivity contribution in [3.63, 3.8) is 0 Å². The summed E-state index contributed by atoms with van der Waals surface area (Å²) in [5, 5.41) is 9.38. The van der Waals surface area contributed by atoms with E-state index in [4.69, 9.17) is 0 Å². The van der Waals surface area contributed by atoms with Crippen LogP contribution >= 0.6 is 0 Å². The maximum absolute atomic E-state index is 9.38. The monoisotopic (exact) mass is 180 g/mol. The number of aliphatic hydroxyl groups is 1. The minimum Gasteiger partial charge on any atom is -0.393 e. The minimum atomic E-state index is -0.402. The molecule has 1 aromatic rings. The molecule has 0 aliphatic rings. The fourth-order valence-electron chi connectivity index (χ4n) is 1.17. The van der Waals surface area contributed by atoms with Gasteiger partial charge < -0.3 is 5.11 Å². The molecular formula is C10H16N2O. The first-order valence-corrected chi connectivity index (χ1v) is 4.51. The van der Waals surface area contributed by atoms with Crippen molar-refractivity contribution in [2.75, 3.05) is 0 Å². The number of rotatable bonds is 2. The molecule has 0 fully saturated rings. The molecule has 3 heteroatoms. The van der Waals surface area contributed by atoms with Crippen LogP contribution in [-0.2, 0) is 0 Å². The standard InChI is InChI=1S/C10H16N2O/c1-6-5-7(2)12-10(11-6)8(3)9(4)13/h5,8-9,13H,1-4H3. The summed E-state index contributed by atoms with van der Waals surface area (Å²) in [6.45, 7) is 7.56. The summed E-state index contributed by atoms with van der Waals surface area (Å²) in [6.07, 6.45) is -0.402. The van der Waals surface area contributed by atoms with Gasteiger partial charge in [0.25, 0.3) is 0 Å². The summed E-state index contributed by atoms with van der Waals surface area (Å²) in [5.74, 6) is 0.728. The highest BCUT2D eigenvalue weighted by atomic mass is 16.3. The number of nitrogens with zero attached hydrogens (tertiary/aromatic N) is 2. The molecule has 0 aliphatic carbocycles. The van der Waals surface area contributed by atoms with Crippen LogP contribution in [0.4, 0.5) is 0 Å². The van der Waals surface area contributed by atoms with Crippen LogP contribution in [0.2, 0.25) is 0 Å². The maximum atomic E-state index is 9.38. The van der Waals surface area contributed by atoms with Crippen LogP contribution in [0.5, 0.6) is 0 Å². The van der Waals surface area contributed by atoms with Gasteiger partial charge in [-0.05, 0) is 26.8 Å². The zero-order chi connectivity index (χ0) is 10.0. The summed E-state index contributed by atoms with van der Waals surface area (Å²) in [7, 11) is 0. The number of aliphatic hydroxyl groups excluding tert-OH is 1. The highest BCUT2D eigenvalue weighted by molar-refractivity contribution is 5.11. The topological polar surface area (TPSA) is 46.0 Å². The zero-order valence-corrected chi connectivity index (χ0v) is 8.57. The zero-order valence-electron chi connectivity index (χ0n) is 8.57. The van der Waals surface area contributed by atoms with Crippen molar-refractivity contribution >= 4 is 0 Å². The van der Waals surface area contributed by atoms with Crippen LogP contribution < -0.4 is 0 Å². The Hall–Kier alpha value is -0.960. The predicted octanol–water partition coefficient (Wildman–Crippen LogP) is 1.58. The Morgan fingerprint density at radius 3 is 2.00 bits per heavy atom. The van der Waals surface area contributed by atoms with Crippen molar-refractivity contribution in [2.45, 2.75) is 39.7 Å². The molecule has 0 saturated heterocycles. The third kappa shape index (κ3) is 2.49. The van der Waals surface area contributed by atoms with Crippen molar-refractivity contribution in [2.24, 2.45) is 0 Å². The van der Waals surface area contributed by atoms with Crippen molar-refractivity contribution in [3.8, 4) is 0 Å². The van der Waals surface area contributed by atoms with Gasteiger partial charge in [0.15, 0.2) is 0 Å². The first-order chi connectivity index (χ1) is 6.00. The molecule has 1 aromatic heterocycles. The Morgan fingerprint density at radius 1 is 1.15 bits per heavy atom. The molecule has 0 amide bonds. The SMILES string of the molecule is Cc1cc(C)nc(C(C)C(C)O)n1. The van der Waals surface area contributed by atoms with Gasteiger partial charge in [-0.2, -0.15) is 0 Å². The van der Waals surface area contributed by atoms with E-state index in [9.17, 15) is 5.11 Å². The van der Waals surface area contributed by atoms with Crippen LogP contribution in [-0.4, -0.2) is 21.2 Å². The van der Waals surface area contributed by atoms with E-state index in [1.165, 1.54) is 0 Å². The van der Waals surface area contributed by atoms with Gasteiger partial charge in [-0.15, -0.1) is 0 Å². The second kappa shape index (κ2) is 3.83. The van der Waals surface area contributed by atoms with Crippen molar-refractivity contribution in [1.29, 1.82) is 0 Å². The molecule has 2 atom stereocenters. The Kier molecular flexibility index (Phi) is 2.98. The second-order valence-electron chi connectivity index (χ2n) is 3.54. The lowest BCUT2D eigenvalue weighted by atomic mass is 10.1. The van der Waals surface area contributed by atoms with Gasteiger partial charge in [-0.25, -0.2) is 9.97 Å². The lowest BCUT2D eigenvalue weighted by Crippen LogP contribution is -2.15. The van der Waals surface area contributed by atoms with E-state index in [-0.39, 0.29) is 5.92 Å². The molecule has 72 valence electrons. The largest absolute Gasteiger partial charge is 0.393 e. The van der Waals surface area contributed by atoms with E-state index in [1.54, 1.807) is 6.92 Å². The van der Waals surface area contributed by atoms with E-state index < -0.39 is 6.10 Å². The van der Waals surface area contributed by atoms with Gasteiger partial charge in [0.2, 0.25) is 0 Å². The molecule has 0 bridgehead atoms. The van der Waals surface area contributed by atoms with Gasteiger partial charge in [-0.1, -0.05) is 6.92 Å². The lowest BCUT2D eigenvalue weighted by molar-refractivity contribution is 0.165. The second-order valence-corrected chi connectivity index (χ2v) is 3.54. The molecule has 0 saturated carbocycles. The summed E-state index contributed by atoms with van der Waals surface area (Å²) >= 11 is 0. The number of hydrogen-bond acceptors (Lipinski definition) is 3. The molecule has 1 N–H and O–H groups in total. The normalized spacial score (nSPS) is 15.5. The quantitative estimate of drug-likeness (QED) is 0.751. The smallest absolute Gasteiger partial charge is 0.134 e.